The molecule has 0 aliphatic heterocycles. The van der Waals surface area contributed by atoms with Crippen LogP contribution in [0.2, 0.25) is 0 Å². The molecule has 0 bridgehead atoms. The van der Waals surface area contributed by atoms with Gasteiger partial charge >= 0.3 is 0 Å². The lowest BCUT2D eigenvalue weighted by Gasteiger charge is -2.25. The van der Waals surface area contributed by atoms with E-state index in [0.29, 0.717) is 12.3 Å². The Hall–Kier alpha value is -0.600. The Labute approximate surface area is 73.2 Å². The van der Waals surface area contributed by atoms with E-state index >= 15 is 0 Å². The summed E-state index contributed by atoms with van der Waals surface area (Å²) in [5, 5.41) is 18.6. The van der Waals surface area contributed by atoms with E-state index in [-0.39, 0.29) is 0 Å². The largest absolute Gasteiger partial charge is 0.362 e. The van der Waals surface area contributed by atoms with Gasteiger partial charge in [0.25, 0.3) is 0 Å². The first-order valence-corrected chi connectivity index (χ1v) is 4.26. The summed E-state index contributed by atoms with van der Waals surface area (Å²) in [5.74, 6) is -1.17. The molecule has 0 heterocycles. The third-order valence-corrected chi connectivity index (χ3v) is 2.17. The van der Waals surface area contributed by atoms with Gasteiger partial charge in [-0.2, -0.15) is 0 Å². The van der Waals surface area contributed by atoms with E-state index in [0.717, 1.165) is 5.57 Å². The molecule has 0 radical (unpaired) electrons. The minimum absolute atomic E-state index is 0.330. The highest BCUT2D eigenvalue weighted by Gasteiger charge is 2.24. The van der Waals surface area contributed by atoms with Gasteiger partial charge in [-0.1, -0.05) is 25.5 Å². The summed E-state index contributed by atoms with van der Waals surface area (Å²) in [5.41, 5.74) is 2.28. The Kier molecular flexibility index (Phi) is 2.40. The minimum Gasteiger partial charge on any atom is -0.362 e. The monoisotopic (exact) mass is 168 g/mol. The summed E-state index contributed by atoms with van der Waals surface area (Å²) < 4.78 is 0. The zero-order valence-electron chi connectivity index (χ0n) is 7.83. The zero-order chi connectivity index (χ0) is 9.35. The Morgan fingerprint density at radius 3 is 2.42 bits per heavy atom. The molecule has 2 nitrogen and oxygen atoms in total. The molecule has 0 saturated carbocycles. The lowest BCUT2D eigenvalue weighted by Crippen LogP contribution is -2.28. The molecule has 1 rings (SSSR count). The maximum Gasteiger partial charge on any atom is 0.186 e. The lowest BCUT2D eigenvalue weighted by molar-refractivity contribution is -0.117. The summed E-state index contributed by atoms with van der Waals surface area (Å²) >= 11 is 0. The minimum atomic E-state index is -1.62. The van der Waals surface area contributed by atoms with Gasteiger partial charge in [0.1, 0.15) is 0 Å². The highest BCUT2D eigenvalue weighted by Crippen LogP contribution is 2.28. The van der Waals surface area contributed by atoms with Crippen LogP contribution in [0.1, 0.15) is 27.2 Å². The van der Waals surface area contributed by atoms with Crippen molar-refractivity contribution in [1.82, 2.24) is 0 Å². The smallest absolute Gasteiger partial charge is 0.186 e. The Balaban J connectivity index is 2.88. The van der Waals surface area contributed by atoms with Gasteiger partial charge in [-0.3, -0.25) is 0 Å². The molecule has 0 saturated heterocycles. The SMILES string of the molecule is CC1=C(C(C)C)C=CC(O)(O)C1. The van der Waals surface area contributed by atoms with Crippen molar-refractivity contribution >= 4 is 0 Å². The molecule has 0 unspecified atom stereocenters. The topological polar surface area (TPSA) is 40.5 Å². The molecule has 12 heavy (non-hydrogen) atoms. The normalized spacial score (nSPS) is 22.2. The van der Waals surface area contributed by atoms with Gasteiger partial charge in [0, 0.05) is 6.42 Å². The average molecular weight is 168 g/mol. The van der Waals surface area contributed by atoms with Crippen LogP contribution in [0.4, 0.5) is 0 Å². The first-order valence-electron chi connectivity index (χ1n) is 4.26. The molecule has 2 N–H and O–H groups in total. The zero-order valence-corrected chi connectivity index (χ0v) is 7.83. The van der Waals surface area contributed by atoms with Crippen molar-refractivity contribution in [2.75, 3.05) is 0 Å². The van der Waals surface area contributed by atoms with E-state index < -0.39 is 5.79 Å². The van der Waals surface area contributed by atoms with Crippen molar-refractivity contribution in [3.63, 3.8) is 0 Å². The van der Waals surface area contributed by atoms with Crippen LogP contribution >= 0.6 is 0 Å². The van der Waals surface area contributed by atoms with Crippen molar-refractivity contribution in [1.29, 1.82) is 0 Å². The summed E-state index contributed by atoms with van der Waals surface area (Å²) in [6, 6.07) is 0. The van der Waals surface area contributed by atoms with Gasteiger partial charge < -0.3 is 10.2 Å². The molecule has 0 aromatic carbocycles. The van der Waals surface area contributed by atoms with Gasteiger partial charge in [0.15, 0.2) is 5.79 Å². The second-order valence-corrected chi connectivity index (χ2v) is 3.78. The van der Waals surface area contributed by atoms with Gasteiger partial charge in [0.05, 0.1) is 0 Å². The molecule has 0 aromatic heterocycles. The van der Waals surface area contributed by atoms with E-state index in [9.17, 15) is 10.2 Å². The van der Waals surface area contributed by atoms with Crippen molar-refractivity contribution in [3.05, 3.63) is 23.3 Å². The molecule has 2 heteroatoms. The molecule has 0 aromatic rings. The average Bonchev–Trinajstić information content (AvgIpc) is 1.83. The van der Waals surface area contributed by atoms with Crippen molar-refractivity contribution in [3.8, 4) is 0 Å². The van der Waals surface area contributed by atoms with Crippen molar-refractivity contribution in [2.24, 2.45) is 5.92 Å². The number of allylic oxidation sites excluding steroid dienone is 2. The van der Waals surface area contributed by atoms with E-state index in [2.05, 4.69) is 13.8 Å². The fourth-order valence-electron chi connectivity index (χ4n) is 1.60. The first-order chi connectivity index (χ1) is 5.42. The molecule has 1 aliphatic carbocycles. The van der Waals surface area contributed by atoms with Gasteiger partial charge in [0.2, 0.25) is 0 Å². The van der Waals surface area contributed by atoms with Gasteiger partial charge in [-0.05, 0) is 24.5 Å². The van der Waals surface area contributed by atoms with Crippen LogP contribution in [0.5, 0.6) is 0 Å². The van der Waals surface area contributed by atoms with E-state index in [1.807, 2.05) is 13.0 Å². The third kappa shape index (κ3) is 1.96. The summed E-state index contributed by atoms with van der Waals surface area (Å²) in [6.45, 7) is 6.15. The predicted molar refractivity (Wildman–Crippen MR) is 48.5 cm³/mol. The maximum atomic E-state index is 9.28. The fraction of sp³-hybridized carbons (Fsp3) is 0.600. The second kappa shape index (κ2) is 3.04. The molecular formula is C10H16O2. The number of hydrogen-bond donors (Lipinski definition) is 2. The van der Waals surface area contributed by atoms with E-state index in [1.54, 1.807) is 0 Å². The highest BCUT2D eigenvalue weighted by molar-refractivity contribution is 5.32. The number of rotatable bonds is 1. The van der Waals surface area contributed by atoms with Crippen LogP contribution in [0.15, 0.2) is 23.3 Å². The van der Waals surface area contributed by atoms with Crippen LogP contribution in [0.3, 0.4) is 0 Å². The van der Waals surface area contributed by atoms with Gasteiger partial charge in [-0.25, -0.2) is 0 Å². The third-order valence-electron chi connectivity index (χ3n) is 2.17. The van der Waals surface area contributed by atoms with E-state index in [4.69, 9.17) is 0 Å². The lowest BCUT2D eigenvalue weighted by atomic mass is 9.88. The first kappa shape index (κ1) is 9.49. The summed E-state index contributed by atoms with van der Waals surface area (Å²) in [6.07, 6.45) is 3.59. The quantitative estimate of drug-likeness (QED) is 0.584. The van der Waals surface area contributed by atoms with Crippen LogP contribution in [-0.2, 0) is 0 Å². The van der Waals surface area contributed by atoms with Crippen LogP contribution < -0.4 is 0 Å². The molecule has 0 spiro atoms. The fourth-order valence-corrected chi connectivity index (χ4v) is 1.60. The molecular weight excluding hydrogens is 152 g/mol. The molecule has 0 amide bonds. The highest BCUT2D eigenvalue weighted by atomic mass is 16.5. The Morgan fingerprint density at radius 2 is 2.00 bits per heavy atom. The number of aliphatic hydroxyl groups is 2. The van der Waals surface area contributed by atoms with Crippen molar-refractivity contribution in [2.45, 2.75) is 33.0 Å². The van der Waals surface area contributed by atoms with Gasteiger partial charge in [-0.15, -0.1) is 0 Å². The number of hydrogen-bond acceptors (Lipinski definition) is 2. The molecule has 68 valence electrons. The van der Waals surface area contributed by atoms with E-state index in [1.165, 1.54) is 11.6 Å². The predicted octanol–water partition coefficient (Wildman–Crippen LogP) is 1.60. The Bertz CT molecular complexity index is 234. The van der Waals surface area contributed by atoms with Crippen molar-refractivity contribution < 1.29 is 10.2 Å². The molecule has 1 aliphatic rings. The van der Waals surface area contributed by atoms with Crippen LogP contribution in [-0.4, -0.2) is 16.0 Å². The standard InChI is InChI=1S/C10H16O2/c1-7(2)9-4-5-10(11,12)6-8(9)3/h4-5,7,11-12H,6H2,1-3H3. The van der Waals surface area contributed by atoms with Crippen LogP contribution in [0, 0.1) is 5.92 Å². The second-order valence-electron chi connectivity index (χ2n) is 3.78. The molecule has 0 atom stereocenters. The van der Waals surface area contributed by atoms with Crippen LogP contribution in [0.25, 0.3) is 0 Å². The molecule has 0 fully saturated rings. The summed E-state index contributed by atoms with van der Waals surface area (Å²) in [4.78, 5) is 0. The Morgan fingerprint density at radius 1 is 1.42 bits per heavy atom. The summed E-state index contributed by atoms with van der Waals surface area (Å²) in [7, 11) is 0. The maximum absolute atomic E-state index is 9.28.